The summed E-state index contributed by atoms with van der Waals surface area (Å²) in [6.45, 7) is 7.11. The summed E-state index contributed by atoms with van der Waals surface area (Å²) < 4.78 is 0. The fraction of sp³-hybridized carbons (Fsp3) is 0.897. The van der Waals surface area contributed by atoms with Crippen molar-refractivity contribution in [3.05, 3.63) is 11.6 Å². The molecule has 12 atom stereocenters. The molecule has 0 radical (unpaired) electrons. The predicted molar refractivity (Wildman–Crippen MR) is 135 cm³/mol. The second kappa shape index (κ2) is 8.73. The van der Waals surface area contributed by atoms with Crippen molar-refractivity contribution in [1.29, 1.82) is 0 Å². The van der Waals surface area contributed by atoms with Gasteiger partial charge in [0.1, 0.15) is 5.41 Å². The van der Waals surface area contributed by atoms with Crippen LogP contribution in [0.5, 0.6) is 0 Å². The van der Waals surface area contributed by atoms with E-state index in [0.717, 1.165) is 12.0 Å². The SMILES string of the molecule is C[C@H]1[C@H](O)C(C)(C)CC2C3=CCC4C5C[C@H](O)[C@H](O)C(CO)(CO)C5CCC4[C@]3(C)C[C@@H](O)[C@]21C(=O)O. The molecule has 210 valence electrons. The Morgan fingerprint density at radius 1 is 0.946 bits per heavy atom. The van der Waals surface area contributed by atoms with Crippen molar-refractivity contribution in [2.75, 3.05) is 13.2 Å². The molecule has 37 heavy (non-hydrogen) atoms. The third kappa shape index (κ3) is 3.32. The second-order valence-corrected chi connectivity index (χ2v) is 14.2. The van der Waals surface area contributed by atoms with E-state index in [2.05, 4.69) is 13.0 Å². The van der Waals surface area contributed by atoms with Crippen LogP contribution in [0, 0.1) is 57.2 Å². The summed E-state index contributed by atoms with van der Waals surface area (Å²) in [6.07, 6.45) is 1.37. The first kappa shape index (κ1) is 27.5. The lowest BCUT2D eigenvalue weighted by atomic mass is 9.38. The minimum absolute atomic E-state index is 0.00193. The molecule has 4 fully saturated rings. The number of aliphatic hydroxyl groups is 6. The normalized spacial score (nSPS) is 52.1. The summed E-state index contributed by atoms with van der Waals surface area (Å²) >= 11 is 0. The summed E-state index contributed by atoms with van der Waals surface area (Å²) in [6, 6.07) is 0. The Labute approximate surface area is 219 Å². The van der Waals surface area contributed by atoms with Gasteiger partial charge in [-0.05, 0) is 78.9 Å². The number of aliphatic hydroxyl groups excluding tert-OH is 6. The third-order valence-corrected chi connectivity index (χ3v) is 12.5. The Kier molecular flexibility index (Phi) is 6.50. The monoisotopic (exact) mass is 522 g/mol. The van der Waals surface area contributed by atoms with Crippen LogP contribution in [0.4, 0.5) is 0 Å². The first-order chi connectivity index (χ1) is 17.2. The van der Waals surface area contributed by atoms with Crippen molar-refractivity contribution in [2.24, 2.45) is 57.2 Å². The third-order valence-electron chi connectivity index (χ3n) is 12.5. The molecule has 0 aromatic heterocycles. The van der Waals surface area contributed by atoms with Crippen LogP contribution in [0.3, 0.4) is 0 Å². The highest BCUT2D eigenvalue weighted by Crippen LogP contribution is 2.70. The van der Waals surface area contributed by atoms with E-state index in [0.29, 0.717) is 32.1 Å². The zero-order chi connectivity index (χ0) is 27.3. The largest absolute Gasteiger partial charge is 0.481 e. The van der Waals surface area contributed by atoms with Gasteiger partial charge in [-0.3, -0.25) is 4.79 Å². The van der Waals surface area contributed by atoms with Gasteiger partial charge < -0.3 is 35.7 Å². The van der Waals surface area contributed by atoms with E-state index in [-0.39, 0.29) is 23.7 Å². The number of hydrogen-bond acceptors (Lipinski definition) is 7. The molecule has 0 bridgehead atoms. The number of carbonyl (C=O) groups is 1. The number of carboxylic acid groups (broad SMARTS) is 1. The van der Waals surface area contributed by atoms with Gasteiger partial charge in [0.05, 0.1) is 37.6 Å². The molecule has 0 heterocycles. The smallest absolute Gasteiger partial charge is 0.313 e. The van der Waals surface area contributed by atoms with Crippen LogP contribution in [-0.4, -0.2) is 79.3 Å². The van der Waals surface area contributed by atoms with Crippen molar-refractivity contribution in [1.82, 2.24) is 0 Å². The minimum Gasteiger partial charge on any atom is -0.481 e. The van der Waals surface area contributed by atoms with E-state index in [1.54, 1.807) is 6.92 Å². The maximum Gasteiger partial charge on any atom is 0.313 e. The van der Waals surface area contributed by atoms with Gasteiger partial charge in [0, 0.05) is 11.3 Å². The molecule has 0 aromatic rings. The summed E-state index contributed by atoms with van der Waals surface area (Å²) in [5.41, 5.74) is -2.43. The molecule has 0 aromatic carbocycles. The standard InChI is InChI=1S/C29H46O8/c1-14-23(34)26(2,3)10-20-19-6-5-15-16-9-21(32)24(35)28(12-30,13-31)18(16)8-7-17(15)27(19,4)11-22(33)29(14,20)25(36)37/h6,14-18,20-24,30-35H,5,7-13H2,1-4H3,(H,36,37)/t14-,15?,16?,17?,18?,20?,21-,22+,23-,24-,27-,29+/m0/s1. The first-order valence-electron chi connectivity index (χ1n) is 14.1. The summed E-state index contributed by atoms with van der Waals surface area (Å²) in [5, 5.41) is 75.6. The van der Waals surface area contributed by atoms with Gasteiger partial charge in [0.15, 0.2) is 0 Å². The fourth-order valence-electron chi connectivity index (χ4n) is 10.6. The highest BCUT2D eigenvalue weighted by molar-refractivity contribution is 5.78. The highest BCUT2D eigenvalue weighted by atomic mass is 16.4. The number of fused-ring (bicyclic) bond motifs is 7. The zero-order valence-electron chi connectivity index (χ0n) is 22.5. The quantitative estimate of drug-likeness (QED) is 0.275. The molecule has 0 amide bonds. The number of aliphatic carboxylic acids is 1. The molecular formula is C29H46O8. The molecule has 5 aliphatic rings. The van der Waals surface area contributed by atoms with Crippen molar-refractivity contribution < 1.29 is 40.5 Å². The average molecular weight is 523 g/mol. The van der Waals surface area contributed by atoms with Crippen LogP contribution in [0.15, 0.2) is 11.6 Å². The van der Waals surface area contributed by atoms with Crippen LogP contribution in [0.1, 0.15) is 66.2 Å². The topological polar surface area (TPSA) is 159 Å². The van der Waals surface area contributed by atoms with Crippen LogP contribution in [-0.2, 0) is 4.79 Å². The Morgan fingerprint density at radius 3 is 2.16 bits per heavy atom. The van der Waals surface area contributed by atoms with Crippen LogP contribution in [0.2, 0.25) is 0 Å². The molecule has 5 rings (SSSR count). The first-order valence-corrected chi connectivity index (χ1v) is 14.1. The Balaban J connectivity index is 1.58. The van der Waals surface area contributed by atoms with Crippen molar-refractivity contribution in [3.63, 3.8) is 0 Å². The van der Waals surface area contributed by atoms with Gasteiger partial charge in [0.25, 0.3) is 0 Å². The minimum atomic E-state index is -1.45. The Bertz CT molecular complexity index is 958. The number of rotatable bonds is 3. The molecule has 0 spiro atoms. The van der Waals surface area contributed by atoms with E-state index >= 15 is 0 Å². The molecule has 8 heteroatoms. The van der Waals surface area contributed by atoms with E-state index < -0.39 is 77.1 Å². The van der Waals surface area contributed by atoms with Gasteiger partial charge >= 0.3 is 5.97 Å². The zero-order valence-corrected chi connectivity index (χ0v) is 22.5. The second-order valence-electron chi connectivity index (χ2n) is 14.2. The Morgan fingerprint density at radius 2 is 1.57 bits per heavy atom. The molecule has 5 unspecified atom stereocenters. The fourth-order valence-corrected chi connectivity index (χ4v) is 10.6. The van der Waals surface area contributed by atoms with Crippen LogP contribution in [0.25, 0.3) is 0 Å². The molecule has 7 N–H and O–H groups in total. The van der Waals surface area contributed by atoms with E-state index in [1.807, 2.05) is 13.8 Å². The predicted octanol–water partition coefficient (Wildman–Crippen LogP) is 1.56. The van der Waals surface area contributed by atoms with Crippen LogP contribution < -0.4 is 0 Å². The lowest BCUT2D eigenvalue weighted by Gasteiger charge is -2.66. The molecule has 8 nitrogen and oxygen atoms in total. The van der Waals surface area contributed by atoms with E-state index in [9.17, 15) is 40.5 Å². The molecule has 0 aliphatic heterocycles. The highest BCUT2D eigenvalue weighted by Gasteiger charge is 2.70. The molecule has 4 saturated carbocycles. The van der Waals surface area contributed by atoms with Gasteiger partial charge in [-0.25, -0.2) is 0 Å². The van der Waals surface area contributed by atoms with Gasteiger partial charge in [0.2, 0.25) is 0 Å². The van der Waals surface area contributed by atoms with Crippen molar-refractivity contribution >= 4 is 5.97 Å². The van der Waals surface area contributed by atoms with Crippen molar-refractivity contribution in [2.45, 2.75) is 90.6 Å². The molecular weight excluding hydrogens is 476 g/mol. The van der Waals surface area contributed by atoms with Gasteiger partial charge in [-0.2, -0.15) is 0 Å². The molecule has 5 aliphatic carbocycles. The van der Waals surface area contributed by atoms with Gasteiger partial charge in [-0.15, -0.1) is 0 Å². The lowest BCUT2D eigenvalue weighted by Crippen LogP contribution is -2.68. The average Bonchev–Trinajstić information content (AvgIpc) is 2.83. The number of allylic oxidation sites excluding steroid dienone is 2. The number of hydrogen-bond donors (Lipinski definition) is 7. The maximum absolute atomic E-state index is 12.9. The lowest BCUT2D eigenvalue weighted by molar-refractivity contribution is -0.225. The summed E-state index contributed by atoms with van der Waals surface area (Å²) in [7, 11) is 0. The van der Waals surface area contributed by atoms with E-state index in [4.69, 9.17) is 0 Å². The van der Waals surface area contributed by atoms with E-state index in [1.165, 1.54) is 0 Å². The van der Waals surface area contributed by atoms with Gasteiger partial charge in [-0.1, -0.05) is 39.3 Å². The summed E-state index contributed by atoms with van der Waals surface area (Å²) in [4.78, 5) is 12.9. The Hall–Kier alpha value is -1.03. The van der Waals surface area contributed by atoms with Crippen molar-refractivity contribution in [3.8, 4) is 0 Å². The maximum atomic E-state index is 12.9. The summed E-state index contributed by atoms with van der Waals surface area (Å²) in [5.74, 6) is -1.89. The molecule has 0 saturated heterocycles. The number of carboxylic acids is 1. The van der Waals surface area contributed by atoms with Crippen LogP contribution >= 0.6 is 0 Å².